The van der Waals surface area contributed by atoms with Gasteiger partial charge in [-0.25, -0.2) is 15.0 Å². The van der Waals surface area contributed by atoms with Gasteiger partial charge in [0.15, 0.2) is 11.5 Å². The fourth-order valence-electron chi connectivity index (χ4n) is 1.85. The highest BCUT2D eigenvalue weighted by molar-refractivity contribution is 6.35. The van der Waals surface area contributed by atoms with Gasteiger partial charge in [0, 0.05) is 10.0 Å². The zero-order chi connectivity index (χ0) is 13.4. The molecule has 2 heterocycles. The lowest BCUT2D eigenvalue weighted by atomic mass is 10.2. The van der Waals surface area contributed by atoms with Crippen LogP contribution in [0, 0.1) is 0 Å². The van der Waals surface area contributed by atoms with E-state index in [1.807, 2.05) is 10.6 Å². The second-order valence-electron chi connectivity index (χ2n) is 4.04. The van der Waals surface area contributed by atoms with Gasteiger partial charge in [-0.15, -0.1) is 0 Å². The zero-order valence-electron chi connectivity index (χ0n) is 9.72. The molecule has 0 aliphatic heterocycles. The van der Waals surface area contributed by atoms with Crippen molar-refractivity contribution in [2.45, 2.75) is 6.54 Å². The average Bonchev–Trinajstić information content (AvgIpc) is 2.78. The number of nitrogens with zero attached hydrogens (tertiary/aromatic N) is 4. The van der Waals surface area contributed by atoms with Crippen molar-refractivity contribution in [1.29, 1.82) is 0 Å². The van der Waals surface area contributed by atoms with Gasteiger partial charge in [0.2, 0.25) is 0 Å². The molecule has 96 valence electrons. The van der Waals surface area contributed by atoms with Gasteiger partial charge in [-0.1, -0.05) is 29.3 Å². The molecular formula is C12H9Cl2N5. The number of aromatic nitrogens is 4. The molecule has 0 unspecified atom stereocenters. The Hall–Kier alpha value is -1.85. The fraction of sp³-hybridized carbons (Fsp3) is 0.0833. The predicted octanol–water partition coefficient (Wildman–Crippen LogP) is 2.76. The quantitative estimate of drug-likeness (QED) is 0.789. The molecule has 0 bridgehead atoms. The summed E-state index contributed by atoms with van der Waals surface area (Å²) in [6.07, 6.45) is 3.08. The van der Waals surface area contributed by atoms with Crippen molar-refractivity contribution in [3.05, 3.63) is 46.5 Å². The van der Waals surface area contributed by atoms with Crippen LogP contribution in [0.4, 0.5) is 5.82 Å². The maximum absolute atomic E-state index is 6.15. The van der Waals surface area contributed by atoms with Crippen LogP contribution >= 0.6 is 23.2 Å². The maximum atomic E-state index is 6.15. The van der Waals surface area contributed by atoms with Gasteiger partial charge in [0.05, 0.1) is 12.9 Å². The monoisotopic (exact) mass is 293 g/mol. The zero-order valence-corrected chi connectivity index (χ0v) is 11.2. The van der Waals surface area contributed by atoms with Crippen molar-refractivity contribution < 1.29 is 0 Å². The highest BCUT2D eigenvalue weighted by Gasteiger charge is 2.09. The number of benzene rings is 1. The van der Waals surface area contributed by atoms with E-state index >= 15 is 0 Å². The summed E-state index contributed by atoms with van der Waals surface area (Å²) in [4.78, 5) is 12.3. The molecule has 0 saturated heterocycles. The Bertz CT molecular complexity index is 753. The van der Waals surface area contributed by atoms with E-state index in [0.29, 0.717) is 33.6 Å². The Labute approximate surface area is 119 Å². The van der Waals surface area contributed by atoms with E-state index in [1.165, 1.54) is 6.33 Å². The van der Waals surface area contributed by atoms with Crippen molar-refractivity contribution in [2.75, 3.05) is 5.73 Å². The van der Waals surface area contributed by atoms with Crippen LogP contribution in [0.1, 0.15) is 5.56 Å². The summed E-state index contributed by atoms with van der Waals surface area (Å²) in [6.45, 7) is 0.545. The van der Waals surface area contributed by atoms with E-state index in [4.69, 9.17) is 28.9 Å². The molecule has 3 aromatic rings. The van der Waals surface area contributed by atoms with Crippen LogP contribution in [0.15, 0.2) is 30.9 Å². The summed E-state index contributed by atoms with van der Waals surface area (Å²) in [7, 11) is 0. The van der Waals surface area contributed by atoms with Crippen LogP contribution in [-0.4, -0.2) is 19.5 Å². The Morgan fingerprint density at radius 1 is 1.16 bits per heavy atom. The number of halogens is 2. The van der Waals surface area contributed by atoms with E-state index < -0.39 is 0 Å². The van der Waals surface area contributed by atoms with Gasteiger partial charge in [-0.05, 0) is 17.7 Å². The highest BCUT2D eigenvalue weighted by Crippen LogP contribution is 2.23. The van der Waals surface area contributed by atoms with Crippen molar-refractivity contribution in [3.8, 4) is 0 Å². The topological polar surface area (TPSA) is 69.6 Å². The first-order chi connectivity index (χ1) is 9.15. The summed E-state index contributed by atoms with van der Waals surface area (Å²) < 4.78 is 1.86. The van der Waals surface area contributed by atoms with Crippen molar-refractivity contribution in [2.24, 2.45) is 0 Å². The van der Waals surface area contributed by atoms with Gasteiger partial charge < -0.3 is 10.3 Å². The molecular weight excluding hydrogens is 285 g/mol. The summed E-state index contributed by atoms with van der Waals surface area (Å²) >= 11 is 12.0. The van der Waals surface area contributed by atoms with E-state index in [-0.39, 0.29) is 0 Å². The fourth-order valence-corrected chi connectivity index (χ4v) is 2.32. The Balaban J connectivity index is 2.04. The molecule has 0 amide bonds. The standard InChI is InChI=1S/C12H9Cl2N5/c13-8-2-1-7(9(14)3-8)4-19-6-18-10-11(15)16-5-17-12(10)19/h1-3,5-6H,4H2,(H2,15,16,17). The molecule has 0 fully saturated rings. The van der Waals surface area contributed by atoms with Crippen molar-refractivity contribution in [1.82, 2.24) is 19.5 Å². The van der Waals surface area contributed by atoms with Gasteiger partial charge in [-0.2, -0.15) is 0 Å². The minimum Gasteiger partial charge on any atom is -0.382 e. The number of hydrogen-bond acceptors (Lipinski definition) is 4. The Morgan fingerprint density at radius 3 is 2.79 bits per heavy atom. The number of anilines is 1. The number of imidazole rings is 1. The first kappa shape index (κ1) is 12.2. The first-order valence-electron chi connectivity index (χ1n) is 5.50. The van der Waals surface area contributed by atoms with Crippen LogP contribution < -0.4 is 5.73 Å². The number of nitrogens with two attached hydrogens (primary N) is 1. The summed E-state index contributed by atoms with van der Waals surface area (Å²) in [5, 5.41) is 1.21. The first-order valence-corrected chi connectivity index (χ1v) is 6.26. The number of rotatable bonds is 2. The smallest absolute Gasteiger partial charge is 0.165 e. The Kier molecular flexibility index (Phi) is 3.00. The van der Waals surface area contributed by atoms with Crippen molar-refractivity contribution in [3.63, 3.8) is 0 Å². The van der Waals surface area contributed by atoms with E-state index in [2.05, 4.69) is 15.0 Å². The molecule has 0 saturated carbocycles. The van der Waals surface area contributed by atoms with E-state index in [9.17, 15) is 0 Å². The predicted molar refractivity (Wildman–Crippen MR) is 75.3 cm³/mol. The lowest BCUT2D eigenvalue weighted by Gasteiger charge is -2.06. The molecule has 0 atom stereocenters. The third-order valence-electron chi connectivity index (χ3n) is 2.79. The average molecular weight is 294 g/mol. The third kappa shape index (κ3) is 2.22. The highest BCUT2D eigenvalue weighted by atomic mass is 35.5. The summed E-state index contributed by atoms with van der Waals surface area (Å²) in [5.41, 5.74) is 7.94. The van der Waals surface area contributed by atoms with Crippen LogP contribution in [0.5, 0.6) is 0 Å². The normalized spacial score (nSPS) is 11.1. The molecule has 2 aromatic heterocycles. The van der Waals surface area contributed by atoms with Gasteiger partial charge >= 0.3 is 0 Å². The Morgan fingerprint density at radius 2 is 2.00 bits per heavy atom. The van der Waals surface area contributed by atoms with Gasteiger partial charge in [0.1, 0.15) is 11.8 Å². The number of fused-ring (bicyclic) bond motifs is 1. The van der Waals surface area contributed by atoms with Crippen LogP contribution in [0.3, 0.4) is 0 Å². The third-order valence-corrected chi connectivity index (χ3v) is 3.37. The molecule has 0 radical (unpaired) electrons. The molecule has 3 rings (SSSR count). The van der Waals surface area contributed by atoms with Gasteiger partial charge in [-0.3, -0.25) is 0 Å². The molecule has 5 nitrogen and oxygen atoms in total. The maximum Gasteiger partial charge on any atom is 0.165 e. The number of nitrogen functional groups attached to an aromatic ring is 1. The van der Waals surface area contributed by atoms with E-state index in [1.54, 1.807) is 18.5 Å². The SMILES string of the molecule is Nc1ncnc2c1ncn2Cc1ccc(Cl)cc1Cl. The molecule has 0 aliphatic carbocycles. The van der Waals surface area contributed by atoms with Crippen LogP contribution in [0.25, 0.3) is 11.2 Å². The lowest BCUT2D eigenvalue weighted by molar-refractivity contribution is 0.813. The molecule has 0 aliphatic rings. The summed E-state index contributed by atoms with van der Waals surface area (Å²) in [5.74, 6) is 0.367. The molecule has 2 N–H and O–H groups in total. The van der Waals surface area contributed by atoms with Crippen LogP contribution in [-0.2, 0) is 6.54 Å². The second kappa shape index (κ2) is 4.68. The largest absolute Gasteiger partial charge is 0.382 e. The minimum absolute atomic E-state index is 0.367. The van der Waals surface area contributed by atoms with Crippen LogP contribution in [0.2, 0.25) is 10.0 Å². The van der Waals surface area contributed by atoms with E-state index in [0.717, 1.165) is 5.56 Å². The molecule has 1 aromatic carbocycles. The molecule has 0 spiro atoms. The second-order valence-corrected chi connectivity index (χ2v) is 4.88. The molecule has 19 heavy (non-hydrogen) atoms. The number of hydrogen-bond donors (Lipinski definition) is 1. The van der Waals surface area contributed by atoms with Gasteiger partial charge in [0.25, 0.3) is 0 Å². The summed E-state index contributed by atoms with van der Waals surface area (Å²) in [6, 6.07) is 5.38. The molecule has 7 heteroatoms. The van der Waals surface area contributed by atoms with Crippen molar-refractivity contribution >= 4 is 40.2 Å². The lowest BCUT2D eigenvalue weighted by Crippen LogP contribution is -2.01. The minimum atomic E-state index is 0.367.